The number of benzene rings is 4. The van der Waals surface area contributed by atoms with Crippen molar-refractivity contribution in [3.8, 4) is 39.1 Å². The van der Waals surface area contributed by atoms with Gasteiger partial charge in [-0.05, 0) is 33.9 Å². The summed E-state index contributed by atoms with van der Waals surface area (Å²) in [7, 11) is -4.64. The van der Waals surface area contributed by atoms with E-state index in [0.717, 1.165) is 52.2 Å². The summed E-state index contributed by atoms with van der Waals surface area (Å²) in [4.78, 5) is 23.4. The predicted molar refractivity (Wildman–Crippen MR) is 177 cm³/mol. The van der Waals surface area contributed by atoms with Crippen molar-refractivity contribution in [1.29, 1.82) is 0 Å². The molecule has 0 radical (unpaired) electrons. The molecule has 0 atom stereocenters. The van der Waals surface area contributed by atoms with Crippen LogP contribution in [0.15, 0.2) is 104 Å². The molecule has 0 aromatic heterocycles. The van der Waals surface area contributed by atoms with E-state index in [9.17, 15) is 5.11 Å². The molecule has 1 saturated heterocycles. The van der Waals surface area contributed by atoms with Gasteiger partial charge in [0.05, 0.1) is 33.0 Å². The highest BCUT2D eigenvalue weighted by molar-refractivity contribution is 7.45. The zero-order valence-corrected chi connectivity index (χ0v) is 25.9. The van der Waals surface area contributed by atoms with Crippen LogP contribution in [0.4, 0.5) is 0 Å². The van der Waals surface area contributed by atoms with Crippen LogP contribution < -0.4 is 0 Å². The Balaban J connectivity index is 0.000000321. The van der Waals surface area contributed by atoms with E-state index in [1.807, 2.05) is 60.7 Å². The quantitative estimate of drug-likeness (QED) is 0.0974. The summed E-state index contributed by atoms with van der Waals surface area (Å²) in [5.74, 6) is 0.238. The number of hydrogen-bond donors (Lipinski definition) is 7. The summed E-state index contributed by atoms with van der Waals surface area (Å²) in [6, 6.07) is 32.5. The normalized spacial score (nSPS) is 11.6. The van der Waals surface area contributed by atoms with Gasteiger partial charge in [0.25, 0.3) is 0 Å². The number of aromatic hydroxyl groups is 1. The van der Waals surface area contributed by atoms with Gasteiger partial charge in [0.15, 0.2) is 0 Å². The number of hydrogen-bond acceptors (Lipinski definition) is 7. The molecule has 0 bridgehead atoms. The number of ether oxygens (including phenoxy) is 1. The first kappa shape index (κ1) is 37.5. The van der Waals surface area contributed by atoms with E-state index >= 15 is 0 Å². The molecule has 1 fully saturated rings. The van der Waals surface area contributed by atoms with Crippen LogP contribution in [0.25, 0.3) is 39.5 Å². The van der Waals surface area contributed by atoms with Crippen molar-refractivity contribution in [3.05, 3.63) is 109 Å². The third-order valence-corrected chi connectivity index (χ3v) is 6.21. The Morgan fingerprint density at radius 3 is 1.38 bits per heavy atom. The van der Waals surface area contributed by atoms with Crippen LogP contribution in [0.1, 0.15) is 5.56 Å². The first-order chi connectivity index (χ1) is 21.6. The number of aliphatic hydroxyl groups excluding tert-OH is 3. The second-order valence-electron chi connectivity index (χ2n) is 9.55. The Morgan fingerprint density at radius 2 is 1.04 bits per heavy atom. The molecule has 1 aliphatic heterocycles. The molecule has 0 unspecified atom stereocenters. The van der Waals surface area contributed by atoms with E-state index in [1.54, 1.807) is 11.0 Å². The topological polar surface area (TPSA) is 174 Å². The minimum atomic E-state index is -4.64. The number of nitrogens with zero attached hydrogens (tertiary/aromatic N) is 1. The first-order valence-corrected chi connectivity index (χ1v) is 15.8. The average Bonchev–Trinajstić information content (AvgIpc) is 3.92. The van der Waals surface area contributed by atoms with Gasteiger partial charge >= 0.3 is 7.82 Å². The maximum absolute atomic E-state index is 10.8. The van der Waals surface area contributed by atoms with Crippen molar-refractivity contribution in [3.63, 3.8) is 0 Å². The van der Waals surface area contributed by atoms with Gasteiger partial charge in [0.1, 0.15) is 5.75 Å². The smallest absolute Gasteiger partial charge is 0.466 e. The average molecular weight is 640 g/mol. The highest BCUT2D eigenvalue weighted by atomic mass is 31.2. The van der Waals surface area contributed by atoms with Crippen LogP contribution in [0, 0.1) is 0 Å². The molecule has 1 aliphatic rings. The maximum atomic E-state index is 10.8. The molecule has 4 aromatic rings. The summed E-state index contributed by atoms with van der Waals surface area (Å²) in [6.07, 6.45) is 1.74. The molecule has 1 heterocycles. The molecule has 0 saturated carbocycles. The number of phosphoric acid groups is 1. The van der Waals surface area contributed by atoms with Crippen LogP contribution in [0.2, 0.25) is 0 Å². The second kappa shape index (κ2) is 20.4. The van der Waals surface area contributed by atoms with Gasteiger partial charge in [-0.15, -0.1) is 0 Å². The third kappa shape index (κ3) is 14.3. The molecule has 0 spiro atoms. The highest BCUT2D eigenvalue weighted by Crippen LogP contribution is 2.46. The lowest BCUT2D eigenvalue weighted by Gasteiger charge is -2.20. The molecular formula is C34H42NO9P. The summed E-state index contributed by atoms with van der Waals surface area (Å²) in [5, 5.41) is 36.2. The van der Waals surface area contributed by atoms with Crippen molar-refractivity contribution in [2.45, 2.75) is 0 Å². The van der Waals surface area contributed by atoms with Gasteiger partial charge in [-0.25, -0.2) is 4.57 Å². The molecular weight excluding hydrogens is 597 g/mol. The van der Waals surface area contributed by atoms with E-state index in [2.05, 4.69) is 47.7 Å². The summed E-state index contributed by atoms with van der Waals surface area (Å²) >= 11 is 0. The number of phenols is 1. The SMILES string of the molecule is C1CO1.C=Cc1c(O)cc(-c2ccccc2)c(-c2ccccc2)c1-c1ccccc1.O=P(O)(O)O.OCCN(CCO)CCO. The minimum absolute atomic E-state index is 0.0694. The fraction of sp³-hybridized carbons (Fsp3) is 0.235. The van der Waals surface area contributed by atoms with E-state index < -0.39 is 7.82 Å². The summed E-state index contributed by atoms with van der Waals surface area (Å²) in [5.41, 5.74) is 7.08. The molecule has 11 heteroatoms. The minimum Gasteiger partial charge on any atom is -0.507 e. The van der Waals surface area contributed by atoms with Crippen LogP contribution in [-0.2, 0) is 9.30 Å². The van der Waals surface area contributed by atoms with Gasteiger partial charge in [-0.3, -0.25) is 4.90 Å². The van der Waals surface area contributed by atoms with Gasteiger partial charge in [0, 0.05) is 30.8 Å². The lowest BCUT2D eigenvalue weighted by Crippen LogP contribution is -2.32. The molecule has 45 heavy (non-hydrogen) atoms. The van der Waals surface area contributed by atoms with Gasteiger partial charge in [0.2, 0.25) is 0 Å². The van der Waals surface area contributed by atoms with Crippen molar-refractivity contribution >= 4 is 13.9 Å². The Labute approximate surface area is 264 Å². The van der Waals surface area contributed by atoms with E-state index in [0.29, 0.717) is 19.6 Å². The zero-order valence-electron chi connectivity index (χ0n) is 25.0. The largest absolute Gasteiger partial charge is 0.507 e. The molecule has 4 aromatic carbocycles. The molecule has 242 valence electrons. The van der Waals surface area contributed by atoms with Crippen molar-refractivity contribution < 1.29 is 44.4 Å². The fourth-order valence-corrected chi connectivity index (χ4v) is 4.31. The van der Waals surface area contributed by atoms with Crippen LogP contribution >= 0.6 is 7.82 Å². The predicted octanol–water partition coefficient (Wildman–Crippen LogP) is 4.39. The monoisotopic (exact) mass is 639 g/mol. The standard InChI is InChI=1S/C26H20O.C6H15NO3.C2H4O.H3O4P/c1-2-22-24(27)18-23(19-12-6-3-7-13-19)26(21-16-10-5-11-17-21)25(22)20-14-8-4-9-15-20;8-4-1-7(2-5-9)3-6-10;1-2-3-1;1-5(2,3)4/h2-18,27H,1H2;8-10H,1-6H2;1-2H2;(H3,1,2,3,4). The Bertz CT molecular complexity index is 1420. The lowest BCUT2D eigenvalue weighted by atomic mass is 9.84. The lowest BCUT2D eigenvalue weighted by molar-refractivity contribution is 0.136. The fourth-order valence-electron chi connectivity index (χ4n) is 4.31. The van der Waals surface area contributed by atoms with Crippen LogP contribution in [-0.4, -0.2) is 92.7 Å². The third-order valence-electron chi connectivity index (χ3n) is 6.21. The Kier molecular flexibility index (Phi) is 17.0. The first-order valence-electron chi connectivity index (χ1n) is 14.2. The molecule has 5 rings (SSSR count). The van der Waals surface area contributed by atoms with E-state index in [1.165, 1.54) is 0 Å². The molecule has 0 aliphatic carbocycles. The Morgan fingerprint density at radius 1 is 0.689 bits per heavy atom. The molecule has 0 amide bonds. The zero-order chi connectivity index (χ0) is 33.1. The maximum Gasteiger partial charge on any atom is 0.466 e. The van der Waals surface area contributed by atoms with Crippen molar-refractivity contribution in [2.24, 2.45) is 0 Å². The van der Waals surface area contributed by atoms with Crippen molar-refractivity contribution in [2.75, 3.05) is 52.7 Å². The van der Waals surface area contributed by atoms with Gasteiger partial charge < -0.3 is 39.8 Å². The number of phenolic OH excluding ortho intramolecular Hbond substituents is 1. The van der Waals surface area contributed by atoms with Gasteiger partial charge in [-0.1, -0.05) is 104 Å². The van der Waals surface area contributed by atoms with E-state index in [4.69, 9.17) is 34.6 Å². The molecule has 10 nitrogen and oxygen atoms in total. The number of rotatable bonds is 10. The van der Waals surface area contributed by atoms with E-state index in [-0.39, 0.29) is 25.6 Å². The van der Waals surface area contributed by atoms with Gasteiger partial charge in [-0.2, -0.15) is 0 Å². The highest BCUT2D eigenvalue weighted by Gasteiger charge is 2.20. The second-order valence-corrected chi connectivity index (χ2v) is 10.6. The van der Waals surface area contributed by atoms with Crippen molar-refractivity contribution in [1.82, 2.24) is 4.90 Å². The summed E-state index contributed by atoms with van der Waals surface area (Å²) < 4.78 is 13.4. The summed E-state index contributed by atoms with van der Waals surface area (Å²) in [6.45, 7) is 7.71. The van der Waals surface area contributed by atoms with Crippen LogP contribution in [0.5, 0.6) is 5.75 Å². The number of aliphatic hydroxyl groups is 3. The molecule has 7 N–H and O–H groups in total. The number of epoxide rings is 1. The van der Waals surface area contributed by atoms with Crippen LogP contribution in [0.3, 0.4) is 0 Å². The Hall–Kier alpha value is -3.67.